The Labute approximate surface area is 185 Å². The molecule has 1 atom stereocenters. The summed E-state index contributed by atoms with van der Waals surface area (Å²) in [5.41, 5.74) is 0.494. The van der Waals surface area contributed by atoms with Crippen molar-refractivity contribution < 1.29 is 37.1 Å². The summed E-state index contributed by atoms with van der Waals surface area (Å²) >= 11 is 0. The molecule has 2 aliphatic heterocycles. The van der Waals surface area contributed by atoms with Crippen molar-refractivity contribution in [2.45, 2.75) is 25.4 Å². The summed E-state index contributed by atoms with van der Waals surface area (Å²) in [5, 5.41) is 11.3. The van der Waals surface area contributed by atoms with Gasteiger partial charge in [0.25, 0.3) is 5.91 Å². The number of carboxylic acids is 1. The first-order valence-electron chi connectivity index (χ1n) is 9.94. The topological polar surface area (TPSA) is 109 Å². The van der Waals surface area contributed by atoms with Crippen LogP contribution in [-0.4, -0.2) is 68.4 Å². The van der Waals surface area contributed by atoms with Crippen molar-refractivity contribution in [1.29, 1.82) is 0 Å². The van der Waals surface area contributed by atoms with Gasteiger partial charge in [-0.1, -0.05) is 0 Å². The van der Waals surface area contributed by atoms with Crippen LogP contribution in [0.4, 0.5) is 23.2 Å². The molecule has 1 unspecified atom stereocenters. The lowest BCUT2D eigenvalue weighted by molar-refractivity contribution is -0.192. The Kier molecular flexibility index (Phi) is 6.70. The minimum atomic E-state index is -5.08. The van der Waals surface area contributed by atoms with Crippen molar-refractivity contribution in [1.82, 2.24) is 19.7 Å². The molecular formula is C20H21F4N5O4. The number of pyridine rings is 1. The number of likely N-dealkylation sites (tertiary alicyclic amines) is 1. The molecule has 0 radical (unpaired) electrons. The Bertz CT molecular complexity index is 1060. The number of halogens is 4. The Morgan fingerprint density at radius 1 is 1.21 bits per heavy atom. The molecule has 4 rings (SSSR count). The van der Waals surface area contributed by atoms with E-state index in [-0.39, 0.29) is 17.4 Å². The number of rotatable bonds is 2. The second-order valence-electron chi connectivity index (χ2n) is 7.86. The van der Waals surface area contributed by atoms with E-state index in [1.54, 1.807) is 20.7 Å². The SMILES string of the molecule is Cn1cc(N2CCC3(CCCN(C(=O)c4ccnc(F)c4)C3)C2=O)cn1.O=C(O)C(F)(F)F. The summed E-state index contributed by atoms with van der Waals surface area (Å²) in [7, 11) is 1.81. The Morgan fingerprint density at radius 3 is 2.48 bits per heavy atom. The van der Waals surface area contributed by atoms with Crippen LogP contribution in [0, 0.1) is 11.4 Å². The third kappa shape index (κ3) is 5.29. The van der Waals surface area contributed by atoms with Gasteiger partial charge >= 0.3 is 12.1 Å². The molecule has 33 heavy (non-hydrogen) atoms. The summed E-state index contributed by atoms with van der Waals surface area (Å²) < 4.78 is 46.7. The average molecular weight is 471 g/mol. The largest absolute Gasteiger partial charge is 0.490 e. The van der Waals surface area contributed by atoms with Crippen LogP contribution in [0.25, 0.3) is 0 Å². The Morgan fingerprint density at radius 2 is 1.91 bits per heavy atom. The van der Waals surface area contributed by atoms with Gasteiger partial charge in [-0.2, -0.15) is 22.7 Å². The maximum Gasteiger partial charge on any atom is 0.490 e. The van der Waals surface area contributed by atoms with E-state index in [1.165, 1.54) is 12.3 Å². The van der Waals surface area contributed by atoms with Crippen LogP contribution < -0.4 is 4.90 Å². The molecule has 2 amide bonds. The van der Waals surface area contributed by atoms with Crippen LogP contribution in [0.15, 0.2) is 30.7 Å². The lowest BCUT2D eigenvalue weighted by atomic mass is 9.78. The summed E-state index contributed by atoms with van der Waals surface area (Å²) in [5.74, 6) is -3.64. The standard InChI is InChI=1S/C18H20FN5O2.C2HF3O2/c1-22-11-14(10-21-22)24-8-5-18(17(24)26)4-2-7-23(12-18)16(25)13-3-6-20-15(19)9-13;3-2(4,5)1(6)7/h3,6,9-11H,2,4-5,7-8,12H2,1H3;(H,6,7). The molecule has 2 aromatic rings. The number of hydrogen-bond donors (Lipinski definition) is 1. The number of carbonyl (C=O) groups excluding carboxylic acids is 2. The number of nitrogens with zero attached hydrogens (tertiary/aromatic N) is 5. The van der Waals surface area contributed by atoms with Crippen molar-refractivity contribution in [2.75, 3.05) is 24.5 Å². The van der Waals surface area contributed by atoms with E-state index in [0.29, 0.717) is 26.1 Å². The van der Waals surface area contributed by atoms with Gasteiger partial charge in [0.15, 0.2) is 0 Å². The maximum atomic E-state index is 13.3. The van der Waals surface area contributed by atoms with Gasteiger partial charge in [-0.15, -0.1) is 0 Å². The minimum Gasteiger partial charge on any atom is -0.475 e. The molecule has 0 bridgehead atoms. The van der Waals surface area contributed by atoms with Crippen molar-refractivity contribution in [3.8, 4) is 0 Å². The molecule has 2 saturated heterocycles. The fourth-order valence-electron chi connectivity index (χ4n) is 4.02. The lowest BCUT2D eigenvalue weighted by Crippen LogP contribution is -2.50. The third-order valence-electron chi connectivity index (χ3n) is 5.60. The number of anilines is 1. The second kappa shape index (κ2) is 9.16. The van der Waals surface area contributed by atoms with Gasteiger partial charge in [0, 0.05) is 50.7 Å². The average Bonchev–Trinajstić information content (AvgIpc) is 3.31. The van der Waals surface area contributed by atoms with Gasteiger partial charge in [-0.25, -0.2) is 9.78 Å². The summed E-state index contributed by atoms with van der Waals surface area (Å²) in [4.78, 5) is 41.7. The zero-order valence-electron chi connectivity index (χ0n) is 17.5. The number of aromatic nitrogens is 3. The maximum absolute atomic E-state index is 13.3. The van der Waals surface area contributed by atoms with Crippen molar-refractivity contribution in [3.05, 3.63) is 42.2 Å². The van der Waals surface area contributed by atoms with Gasteiger partial charge in [-0.05, 0) is 25.3 Å². The Hall–Kier alpha value is -3.51. The molecule has 2 aromatic heterocycles. The summed E-state index contributed by atoms with van der Waals surface area (Å²) in [6.07, 6.45) is 1.93. The predicted molar refractivity (Wildman–Crippen MR) is 106 cm³/mol. The van der Waals surface area contributed by atoms with E-state index in [9.17, 15) is 27.2 Å². The van der Waals surface area contributed by atoms with Crippen LogP contribution in [0.5, 0.6) is 0 Å². The van der Waals surface area contributed by atoms with Crippen LogP contribution in [0.1, 0.15) is 29.6 Å². The van der Waals surface area contributed by atoms with Gasteiger partial charge in [0.05, 0.1) is 17.3 Å². The highest BCUT2D eigenvalue weighted by molar-refractivity contribution is 6.01. The highest BCUT2D eigenvalue weighted by atomic mass is 19.4. The fraction of sp³-hybridized carbons (Fsp3) is 0.450. The Balaban J connectivity index is 0.000000383. The number of alkyl halides is 3. The van der Waals surface area contributed by atoms with Gasteiger partial charge in [0.2, 0.25) is 11.9 Å². The number of carbonyl (C=O) groups is 3. The molecule has 9 nitrogen and oxygen atoms in total. The molecule has 0 aromatic carbocycles. The van der Waals surface area contributed by atoms with Crippen LogP contribution in [0.3, 0.4) is 0 Å². The molecule has 2 fully saturated rings. The number of aliphatic carboxylic acids is 1. The molecule has 178 valence electrons. The first kappa shape index (κ1) is 24.1. The zero-order chi connectivity index (χ0) is 24.4. The van der Waals surface area contributed by atoms with Gasteiger partial charge in [-0.3, -0.25) is 14.3 Å². The van der Waals surface area contributed by atoms with Crippen LogP contribution >= 0.6 is 0 Å². The van der Waals surface area contributed by atoms with E-state index < -0.39 is 23.5 Å². The number of piperidine rings is 1. The zero-order valence-corrected chi connectivity index (χ0v) is 17.5. The molecule has 4 heterocycles. The fourth-order valence-corrected chi connectivity index (χ4v) is 4.02. The van der Waals surface area contributed by atoms with E-state index >= 15 is 0 Å². The van der Waals surface area contributed by atoms with Crippen molar-refractivity contribution >= 4 is 23.5 Å². The molecule has 1 N–H and O–H groups in total. The van der Waals surface area contributed by atoms with Crippen LogP contribution in [0.2, 0.25) is 0 Å². The van der Waals surface area contributed by atoms with E-state index in [1.807, 2.05) is 13.2 Å². The minimum absolute atomic E-state index is 0.0453. The van der Waals surface area contributed by atoms with Crippen LogP contribution in [-0.2, 0) is 16.6 Å². The number of carboxylic acid groups (broad SMARTS) is 1. The molecule has 1 spiro atoms. The third-order valence-corrected chi connectivity index (χ3v) is 5.60. The normalized spacial score (nSPS) is 20.6. The second-order valence-corrected chi connectivity index (χ2v) is 7.86. The first-order chi connectivity index (χ1) is 15.4. The molecule has 0 saturated carbocycles. The van der Waals surface area contributed by atoms with Crippen molar-refractivity contribution in [2.24, 2.45) is 12.5 Å². The smallest absolute Gasteiger partial charge is 0.475 e. The molecule has 0 aliphatic carbocycles. The number of aryl methyl sites for hydroxylation is 1. The van der Waals surface area contributed by atoms with E-state index in [0.717, 1.165) is 24.6 Å². The monoisotopic (exact) mass is 471 g/mol. The van der Waals surface area contributed by atoms with Crippen molar-refractivity contribution in [3.63, 3.8) is 0 Å². The highest BCUT2D eigenvalue weighted by Crippen LogP contribution is 2.42. The molecule has 13 heteroatoms. The van der Waals surface area contributed by atoms with E-state index in [2.05, 4.69) is 10.1 Å². The number of hydrogen-bond acceptors (Lipinski definition) is 5. The van der Waals surface area contributed by atoms with Gasteiger partial charge in [0.1, 0.15) is 0 Å². The highest BCUT2D eigenvalue weighted by Gasteiger charge is 2.50. The quantitative estimate of drug-likeness (QED) is 0.532. The molecule has 2 aliphatic rings. The van der Waals surface area contributed by atoms with E-state index in [4.69, 9.17) is 9.90 Å². The number of amides is 2. The predicted octanol–water partition coefficient (Wildman–Crippen LogP) is 2.25. The lowest BCUT2D eigenvalue weighted by Gasteiger charge is -2.39. The summed E-state index contributed by atoms with van der Waals surface area (Å²) in [6, 6.07) is 2.65. The van der Waals surface area contributed by atoms with Gasteiger partial charge < -0.3 is 14.9 Å². The molecular weight excluding hydrogens is 450 g/mol. The first-order valence-corrected chi connectivity index (χ1v) is 9.94. The summed E-state index contributed by atoms with van der Waals surface area (Å²) in [6.45, 7) is 1.56.